The van der Waals surface area contributed by atoms with Crippen LogP contribution in [0.4, 0.5) is 0 Å². The number of nitrogens with one attached hydrogen (secondary N) is 1. The van der Waals surface area contributed by atoms with Crippen molar-refractivity contribution in [1.82, 2.24) is 10.3 Å². The van der Waals surface area contributed by atoms with Crippen molar-refractivity contribution < 1.29 is 4.42 Å². The molecule has 0 saturated heterocycles. The molecule has 3 heteroatoms. The van der Waals surface area contributed by atoms with Crippen LogP contribution in [0.25, 0.3) is 10.8 Å². The molecule has 1 N–H and O–H groups in total. The smallest absolute Gasteiger partial charge is 0.120 e. The summed E-state index contributed by atoms with van der Waals surface area (Å²) >= 11 is 0. The summed E-state index contributed by atoms with van der Waals surface area (Å²) in [4.78, 5) is 4.12. The first-order valence-corrected chi connectivity index (χ1v) is 6.42. The summed E-state index contributed by atoms with van der Waals surface area (Å²) in [6, 6.07) is 12.6. The van der Waals surface area contributed by atoms with Gasteiger partial charge in [-0.15, -0.1) is 0 Å². The molecule has 0 aliphatic rings. The first kappa shape index (κ1) is 11.9. The minimum Gasteiger partial charge on any atom is -0.468 e. The summed E-state index contributed by atoms with van der Waals surface area (Å²) in [6.07, 6.45) is 5.42. The van der Waals surface area contributed by atoms with Gasteiger partial charge in [-0.05, 0) is 42.1 Å². The third-order valence-corrected chi connectivity index (χ3v) is 3.29. The Labute approximate surface area is 112 Å². The second kappa shape index (κ2) is 5.24. The van der Waals surface area contributed by atoms with E-state index in [9.17, 15) is 0 Å². The molecule has 0 unspecified atom stereocenters. The zero-order chi connectivity index (χ0) is 13.1. The van der Waals surface area contributed by atoms with Crippen LogP contribution in [-0.2, 0) is 6.54 Å². The topological polar surface area (TPSA) is 38.1 Å². The predicted molar refractivity (Wildman–Crippen MR) is 75.7 cm³/mol. The quantitative estimate of drug-likeness (QED) is 0.769. The molecule has 0 saturated carbocycles. The van der Waals surface area contributed by atoms with Gasteiger partial charge in [0.15, 0.2) is 0 Å². The zero-order valence-electron chi connectivity index (χ0n) is 10.8. The van der Waals surface area contributed by atoms with Gasteiger partial charge in [0.05, 0.1) is 12.3 Å². The monoisotopic (exact) mass is 252 g/mol. The molecule has 0 aliphatic carbocycles. The Hall–Kier alpha value is -2.13. The van der Waals surface area contributed by atoms with Gasteiger partial charge in [-0.2, -0.15) is 0 Å². The lowest BCUT2D eigenvalue weighted by atomic mass is 10.1. The first-order valence-electron chi connectivity index (χ1n) is 6.42. The molecular weight excluding hydrogens is 236 g/mol. The van der Waals surface area contributed by atoms with Gasteiger partial charge in [0.25, 0.3) is 0 Å². The van der Waals surface area contributed by atoms with Crippen molar-refractivity contribution >= 4 is 10.8 Å². The Morgan fingerprint density at radius 3 is 3.00 bits per heavy atom. The van der Waals surface area contributed by atoms with Crippen molar-refractivity contribution in [2.24, 2.45) is 0 Å². The van der Waals surface area contributed by atoms with Crippen molar-refractivity contribution in [3.63, 3.8) is 0 Å². The fourth-order valence-electron chi connectivity index (χ4n) is 2.15. The highest BCUT2D eigenvalue weighted by molar-refractivity contribution is 5.81. The number of furan rings is 1. The Balaban J connectivity index is 1.71. The zero-order valence-corrected chi connectivity index (χ0v) is 10.8. The van der Waals surface area contributed by atoms with E-state index < -0.39 is 0 Å². The number of pyridine rings is 1. The molecule has 3 rings (SSSR count). The van der Waals surface area contributed by atoms with E-state index in [1.807, 2.05) is 30.6 Å². The summed E-state index contributed by atoms with van der Waals surface area (Å²) < 4.78 is 5.38. The lowest BCUT2D eigenvalue weighted by Crippen LogP contribution is -2.17. The van der Waals surface area contributed by atoms with E-state index in [1.165, 1.54) is 16.3 Å². The molecule has 2 heterocycles. The number of nitrogens with zero attached hydrogens (tertiary/aromatic N) is 1. The number of rotatable bonds is 4. The molecular formula is C16H16N2O. The van der Waals surface area contributed by atoms with Gasteiger partial charge in [-0.3, -0.25) is 4.98 Å². The number of benzene rings is 1. The van der Waals surface area contributed by atoms with Gasteiger partial charge >= 0.3 is 0 Å². The fourth-order valence-corrected chi connectivity index (χ4v) is 2.15. The third-order valence-electron chi connectivity index (χ3n) is 3.29. The molecule has 1 atom stereocenters. The first-order chi connectivity index (χ1) is 9.33. The Bertz CT molecular complexity index is 661. The second-order valence-electron chi connectivity index (χ2n) is 4.68. The Kier molecular flexibility index (Phi) is 3.29. The molecule has 0 bridgehead atoms. The lowest BCUT2D eigenvalue weighted by Gasteiger charge is -2.11. The summed E-state index contributed by atoms with van der Waals surface area (Å²) in [7, 11) is 0. The van der Waals surface area contributed by atoms with Gasteiger partial charge < -0.3 is 9.73 Å². The molecule has 1 aromatic carbocycles. The van der Waals surface area contributed by atoms with E-state index in [1.54, 1.807) is 6.26 Å². The van der Waals surface area contributed by atoms with Crippen molar-refractivity contribution in [2.75, 3.05) is 0 Å². The summed E-state index contributed by atoms with van der Waals surface area (Å²) in [5.41, 5.74) is 1.26. The maximum atomic E-state index is 5.38. The Morgan fingerprint density at radius 1 is 1.21 bits per heavy atom. The largest absolute Gasteiger partial charge is 0.468 e. The van der Waals surface area contributed by atoms with Gasteiger partial charge in [-0.25, -0.2) is 0 Å². The van der Waals surface area contributed by atoms with Crippen LogP contribution in [0.3, 0.4) is 0 Å². The SMILES string of the molecule is C[C@@H](NCc1ccc2cnccc2c1)c1ccco1. The van der Waals surface area contributed by atoms with Crippen molar-refractivity contribution in [2.45, 2.75) is 19.5 Å². The molecule has 0 aliphatic heterocycles. The second-order valence-corrected chi connectivity index (χ2v) is 4.68. The van der Waals surface area contributed by atoms with Gasteiger partial charge in [-0.1, -0.05) is 12.1 Å². The number of hydrogen-bond donors (Lipinski definition) is 1. The minimum absolute atomic E-state index is 0.211. The number of fused-ring (bicyclic) bond motifs is 1. The van der Waals surface area contributed by atoms with Crippen LogP contribution in [0.1, 0.15) is 24.3 Å². The van der Waals surface area contributed by atoms with Crippen LogP contribution in [0.5, 0.6) is 0 Å². The molecule has 0 radical (unpaired) electrons. The van der Waals surface area contributed by atoms with Gasteiger partial charge in [0.1, 0.15) is 5.76 Å². The number of aromatic nitrogens is 1. The van der Waals surface area contributed by atoms with Crippen molar-refractivity contribution in [1.29, 1.82) is 0 Å². The van der Waals surface area contributed by atoms with Crippen molar-refractivity contribution in [3.05, 3.63) is 66.4 Å². The molecule has 0 fully saturated rings. The van der Waals surface area contributed by atoms with Gasteiger partial charge in [0.2, 0.25) is 0 Å². The molecule has 0 amide bonds. The van der Waals surface area contributed by atoms with Gasteiger partial charge in [0, 0.05) is 24.3 Å². The predicted octanol–water partition coefficient (Wildman–Crippen LogP) is 3.68. The van der Waals surface area contributed by atoms with Crippen LogP contribution in [0, 0.1) is 0 Å². The maximum Gasteiger partial charge on any atom is 0.120 e. The normalized spacial score (nSPS) is 12.7. The Morgan fingerprint density at radius 2 is 2.16 bits per heavy atom. The fraction of sp³-hybridized carbons (Fsp3) is 0.188. The van der Waals surface area contributed by atoms with Crippen LogP contribution in [0.2, 0.25) is 0 Å². The van der Waals surface area contributed by atoms with E-state index >= 15 is 0 Å². The van der Waals surface area contributed by atoms with E-state index in [0.29, 0.717) is 0 Å². The summed E-state index contributed by atoms with van der Waals surface area (Å²) in [6.45, 7) is 2.92. The third kappa shape index (κ3) is 2.66. The van der Waals surface area contributed by atoms with Crippen LogP contribution >= 0.6 is 0 Å². The van der Waals surface area contributed by atoms with E-state index in [-0.39, 0.29) is 6.04 Å². The van der Waals surface area contributed by atoms with Crippen LogP contribution in [-0.4, -0.2) is 4.98 Å². The highest BCUT2D eigenvalue weighted by Crippen LogP contribution is 2.16. The standard InChI is InChI=1S/C16H16N2O/c1-12(16-3-2-8-19-16)18-10-13-4-5-15-11-17-7-6-14(15)9-13/h2-9,11-12,18H,10H2,1H3/t12-/m1/s1. The van der Waals surface area contributed by atoms with E-state index in [2.05, 4.69) is 35.4 Å². The van der Waals surface area contributed by atoms with E-state index in [0.717, 1.165) is 12.3 Å². The average molecular weight is 252 g/mol. The van der Waals surface area contributed by atoms with E-state index in [4.69, 9.17) is 4.42 Å². The summed E-state index contributed by atoms with van der Waals surface area (Å²) in [5.74, 6) is 0.963. The molecule has 3 nitrogen and oxygen atoms in total. The maximum absolute atomic E-state index is 5.38. The molecule has 96 valence electrons. The van der Waals surface area contributed by atoms with Crippen LogP contribution < -0.4 is 5.32 Å². The summed E-state index contributed by atoms with van der Waals surface area (Å²) in [5, 5.41) is 5.85. The van der Waals surface area contributed by atoms with Crippen LogP contribution in [0.15, 0.2) is 59.5 Å². The minimum atomic E-state index is 0.211. The lowest BCUT2D eigenvalue weighted by molar-refractivity contribution is 0.430. The molecule has 3 aromatic rings. The van der Waals surface area contributed by atoms with Crippen molar-refractivity contribution in [3.8, 4) is 0 Å². The molecule has 19 heavy (non-hydrogen) atoms. The highest BCUT2D eigenvalue weighted by atomic mass is 16.3. The molecule has 2 aromatic heterocycles. The highest BCUT2D eigenvalue weighted by Gasteiger charge is 2.07. The average Bonchev–Trinajstić information content (AvgIpc) is 2.99. The number of hydrogen-bond acceptors (Lipinski definition) is 3. The molecule has 0 spiro atoms.